The lowest BCUT2D eigenvalue weighted by Crippen LogP contribution is -2.55. The number of likely N-dealkylation sites (tertiary alicyclic amines) is 1. The van der Waals surface area contributed by atoms with Crippen LogP contribution in [-0.2, 0) is 14.4 Å². The van der Waals surface area contributed by atoms with Crippen LogP contribution in [0.5, 0.6) is 0 Å². The van der Waals surface area contributed by atoms with Gasteiger partial charge in [0.15, 0.2) is 0 Å². The Hall–Kier alpha value is -3.33. The van der Waals surface area contributed by atoms with Gasteiger partial charge in [-0.1, -0.05) is 79.2 Å². The minimum atomic E-state index is -0.924. The number of aryl methyl sites for hydroxylation is 1. The van der Waals surface area contributed by atoms with Crippen LogP contribution in [0.4, 0.5) is 11.4 Å². The van der Waals surface area contributed by atoms with Gasteiger partial charge in [-0.25, -0.2) is 0 Å². The van der Waals surface area contributed by atoms with Crippen molar-refractivity contribution in [1.29, 1.82) is 0 Å². The molecule has 3 aliphatic rings. The molecular weight excluding hydrogens is 558 g/mol. The number of para-hydroxylation sites is 2. The van der Waals surface area contributed by atoms with Gasteiger partial charge in [0.25, 0.3) is 0 Å². The number of rotatable bonds is 7. The number of nitrogens with one attached hydrogen (secondary N) is 2. The van der Waals surface area contributed by atoms with E-state index >= 15 is 0 Å². The number of nitrogens with zero attached hydrogens (tertiary/aromatic N) is 1. The van der Waals surface area contributed by atoms with Crippen LogP contribution in [0.2, 0.25) is 5.02 Å². The van der Waals surface area contributed by atoms with E-state index in [1.165, 1.54) is 0 Å². The molecule has 3 saturated heterocycles. The van der Waals surface area contributed by atoms with E-state index in [1.807, 2.05) is 79.7 Å². The van der Waals surface area contributed by atoms with Gasteiger partial charge >= 0.3 is 0 Å². The van der Waals surface area contributed by atoms with E-state index in [9.17, 15) is 19.5 Å². The van der Waals surface area contributed by atoms with Gasteiger partial charge in [-0.15, -0.1) is 11.8 Å². The highest BCUT2D eigenvalue weighted by molar-refractivity contribution is 8.02. The first-order valence-electron chi connectivity index (χ1n) is 13.9. The molecule has 212 valence electrons. The Bertz CT molecular complexity index is 1470. The summed E-state index contributed by atoms with van der Waals surface area (Å²) < 4.78 is -0.845. The Labute approximate surface area is 248 Å². The summed E-state index contributed by atoms with van der Waals surface area (Å²) >= 11 is 8.09. The van der Waals surface area contributed by atoms with Crippen molar-refractivity contribution in [1.82, 2.24) is 4.90 Å². The quantitative estimate of drug-likeness (QED) is 0.348. The Morgan fingerprint density at radius 2 is 1.71 bits per heavy atom. The second kappa shape index (κ2) is 10.8. The molecular formula is C32H32ClN3O4S. The minimum absolute atomic E-state index is 0.0181. The maximum absolute atomic E-state index is 14.6. The third-order valence-corrected chi connectivity index (χ3v) is 11.3. The zero-order chi connectivity index (χ0) is 28.9. The van der Waals surface area contributed by atoms with Crippen molar-refractivity contribution in [3.63, 3.8) is 0 Å². The molecule has 0 aromatic heterocycles. The van der Waals surface area contributed by atoms with Gasteiger partial charge in [0.2, 0.25) is 17.7 Å². The van der Waals surface area contributed by atoms with Crippen LogP contribution in [0.25, 0.3) is 0 Å². The van der Waals surface area contributed by atoms with E-state index in [0.717, 1.165) is 11.1 Å². The lowest BCUT2D eigenvalue weighted by atomic mass is 9.66. The smallest absolute Gasteiger partial charge is 0.248 e. The summed E-state index contributed by atoms with van der Waals surface area (Å²) in [5, 5.41) is 17.0. The molecule has 9 heteroatoms. The first-order valence-corrected chi connectivity index (χ1v) is 15.1. The lowest BCUT2D eigenvalue weighted by Gasteiger charge is -2.40. The third-order valence-electron chi connectivity index (χ3n) is 8.94. The fraction of sp³-hybridized carbons (Fsp3) is 0.344. The number of hydrogen-bond donors (Lipinski definition) is 3. The van der Waals surface area contributed by atoms with E-state index in [1.54, 1.807) is 22.7 Å². The second-order valence-electron chi connectivity index (χ2n) is 11.2. The summed E-state index contributed by atoms with van der Waals surface area (Å²) in [6.45, 7) is 3.57. The van der Waals surface area contributed by atoms with Crippen LogP contribution in [-0.4, -0.2) is 50.4 Å². The number of hydrogen-bond acceptors (Lipinski definition) is 5. The van der Waals surface area contributed by atoms with Crippen molar-refractivity contribution in [2.45, 2.75) is 42.3 Å². The molecule has 6 rings (SSSR count). The number of aliphatic hydroxyl groups is 1. The Morgan fingerprint density at radius 3 is 2.37 bits per heavy atom. The van der Waals surface area contributed by atoms with E-state index in [2.05, 4.69) is 17.6 Å². The van der Waals surface area contributed by atoms with Crippen LogP contribution in [0, 0.1) is 24.7 Å². The first-order chi connectivity index (χ1) is 19.8. The van der Waals surface area contributed by atoms with Crippen LogP contribution >= 0.6 is 23.4 Å². The van der Waals surface area contributed by atoms with E-state index in [0.29, 0.717) is 22.8 Å². The Balaban J connectivity index is 1.44. The fourth-order valence-corrected chi connectivity index (χ4v) is 9.83. The number of anilines is 2. The highest BCUT2D eigenvalue weighted by Crippen LogP contribution is 2.69. The van der Waals surface area contributed by atoms with Crippen molar-refractivity contribution >= 4 is 52.5 Å². The first kappa shape index (κ1) is 27.8. The summed E-state index contributed by atoms with van der Waals surface area (Å²) in [7, 11) is 0. The molecule has 3 heterocycles. The molecule has 7 atom stereocenters. The monoisotopic (exact) mass is 589 g/mol. The number of amides is 3. The molecule has 3 aromatic carbocycles. The van der Waals surface area contributed by atoms with E-state index in [-0.39, 0.29) is 35.5 Å². The summed E-state index contributed by atoms with van der Waals surface area (Å²) in [4.78, 5) is 44.3. The van der Waals surface area contributed by atoms with Crippen molar-refractivity contribution in [3.05, 3.63) is 95.0 Å². The zero-order valence-electron chi connectivity index (χ0n) is 22.8. The predicted molar refractivity (Wildman–Crippen MR) is 162 cm³/mol. The van der Waals surface area contributed by atoms with Crippen LogP contribution in [0.15, 0.2) is 78.9 Å². The van der Waals surface area contributed by atoms with Gasteiger partial charge in [0.1, 0.15) is 6.04 Å². The SMILES string of the molecule is Cc1cccc(Cl)c1NC(=O)C1N([C@H](CO)c2ccccc2)C(=O)[C@@H]2[C@H](C(=O)Nc3ccccc3)[C@@H]3CC(C)C12S3. The molecule has 3 amide bonds. The summed E-state index contributed by atoms with van der Waals surface area (Å²) in [5.41, 5.74) is 2.68. The number of carbonyl (C=O) groups excluding carboxylic acids is 3. The van der Waals surface area contributed by atoms with Gasteiger partial charge in [-0.2, -0.15) is 0 Å². The Kier molecular flexibility index (Phi) is 7.34. The number of halogens is 1. The number of carbonyl (C=O) groups is 3. The number of thioether (sulfide) groups is 1. The average molecular weight is 590 g/mol. The highest BCUT2D eigenvalue weighted by atomic mass is 35.5. The topological polar surface area (TPSA) is 98.7 Å². The highest BCUT2D eigenvalue weighted by Gasteiger charge is 2.76. The second-order valence-corrected chi connectivity index (χ2v) is 13.1. The van der Waals surface area contributed by atoms with Crippen molar-refractivity contribution in [3.8, 4) is 0 Å². The predicted octanol–water partition coefficient (Wildman–Crippen LogP) is 5.30. The van der Waals surface area contributed by atoms with Gasteiger partial charge in [0.05, 0.1) is 39.9 Å². The standard InChI is InChI=1S/C32H32ClN3O4S/c1-18-10-9-15-22(33)27(18)35-30(39)28-32-19(2)16-24(41-32)25(29(38)34-21-13-7-4-8-14-21)26(32)31(40)36(28)23(17-37)20-11-5-3-6-12-20/h3-15,19,23-26,28,37H,16-17H2,1-2H3,(H,34,38)(H,35,39)/t19?,23-,24+,25-,26+,28?,32?/m1/s1. The van der Waals surface area contributed by atoms with E-state index < -0.39 is 28.7 Å². The molecule has 0 saturated carbocycles. The van der Waals surface area contributed by atoms with Gasteiger partial charge in [-0.05, 0) is 48.6 Å². The lowest BCUT2D eigenvalue weighted by molar-refractivity contribution is -0.141. The van der Waals surface area contributed by atoms with Crippen LogP contribution in [0.1, 0.15) is 30.5 Å². The largest absolute Gasteiger partial charge is 0.394 e. The molecule has 3 N–H and O–H groups in total. The summed E-state index contributed by atoms with van der Waals surface area (Å²) in [6.07, 6.45) is 0.708. The molecule has 3 fully saturated rings. The van der Waals surface area contributed by atoms with E-state index in [4.69, 9.17) is 11.6 Å². The third kappa shape index (κ3) is 4.44. The van der Waals surface area contributed by atoms with Crippen LogP contribution in [0.3, 0.4) is 0 Å². The molecule has 7 nitrogen and oxygen atoms in total. The van der Waals surface area contributed by atoms with Crippen molar-refractivity contribution < 1.29 is 19.5 Å². The maximum atomic E-state index is 14.6. The zero-order valence-corrected chi connectivity index (χ0v) is 24.4. The summed E-state index contributed by atoms with van der Waals surface area (Å²) in [5.74, 6) is -2.21. The molecule has 0 aliphatic carbocycles. The van der Waals surface area contributed by atoms with Crippen molar-refractivity contribution in [2.75, 3.05) is 17.2 Å². The van der Waals surface area contributed by atoms with Crippen molar-refractivity contribution in [2.24, 2.45) is 17.8 Å². The normalized spacial score (nSPS) is 28.8. The molecule has 41 heavy (non-hydrogen) atoms. The van der Waals surface area contributed by atoms with Gasteiger partial charge in [-0.3, -0.25) is 14.4 Å². The number of fused-ring (bicyclic) bond motifs is 1. The molecule has 3 aliphatic heterocycles. The molecule has 0 radical (unpaired) electrons. The Morgan fingerprint density at radius 1 is 1.02 bits per heavy atom. The average Bonchev–Trinajstić information content (AvgIpc) is 3.56. The number of benzene rings is 3. The molecule has 1 spiro atoms. The molecule has 3 aromatic rings. The fourth-order valence-electron chi connectivity index (χ4n) is 7.15. The maximum Gasteiger partial charge on any atom is 0.248 e. The summed E-state index contributed by atoms with van der Waals surface area (Å²) in [6, 6.07) is 22.2. The van der Waals surface area contributed by atoms with Gasteiger partial charge in [0, 0.05) is 10.9 Å². The molecule has 2 bridgehead atoms. The van der Waals surface area contributed by atoms with Crippen LogP contribution < -0.4 is 10.6 Å². The van der Waals surface area contributed by atoms with Gasteiger partial charge < -0.3 is 20.6 Å². The number of aliphatic hydroxyl groups excluding tert-OH is 1. The molecule has 3 unspecified atom stereocenters. The minimum Gasteiger partial charge on any atom is -0.394 e.